The number of piperidine rings is 1. The number of nitrogens with zero attached hydrogens (tertiary/aromatic N) is 9. The minimum atomic E-state index is -4.88. The van der Waals surface area contributed by atoms with Gasteiger partial charge in [-0.15, -0.1) is 10.2 Å². The number of phosphoric ester groups is 1. The van der Waals surface area contributed by atoms with Gasteiger partial charge in [-0.1, -0.05) is 57.5 Å². The van der Waals surface area contributed by atoms with E-state index in [4.69, 9.17) is 24.9 Å². The Morgan fingerprint density at radius 2 is 1.62 bits per heavy atom. The van der Waals surface area contributed by atoms with Crippen molar-refractivity contribution in [2.75, 3.05) is 79.2 Å². The molecule has 6 aliphatic heterocycles. The molecule has 11 rings (SSSR count). The molecule has 104 heavy (non-hydrogen) atoms. The number of nitrogens with one attached hydrogen (secondary N) is 5. The molecule has 3 saturated heterocycles. The second-order valence-electron chi connectivity index (χ2n) is 27.0. The predicted octanol–water partition coefficient (Wildman–Crippen LogP) is 4.84. The van der Waals surface area contributed by atoms with E-state index < -0.39 is 80.1 Å². The molecule has 32 nitrogen and oxygen atoms in total. The molecule has 2 aromatic heterocycles. The molecule has 3 aromatic carbocycles. The fourth-order valence-electron chi connectivity index (χ4n) is 13.9. The molecule has 0 aliphatic carbocycles. The largest absolute Gasteiger partial charge is 0.472 e. The summed E-state index contributed by atoms with van der Waals surface area (Å²) in [5.41, 5.74) is 10.8. The Morgan fingerprint density at radius 1 is 0.856 bits per heavy atom. The number of carbonyl (C=O) groups is 10. The number of para-hydroxylation sites is 1. The van der Waals surface area contributed by atoms with Crippen molar-refractivity contribution in [1.29, 1.82) is 0 Å². The second kappa shape index (κ2) is 32.9. The molecule has 5 aromatic rings. The van der Waals surface area contributed by atoms with Crippen LogP contribution in [-0.2, 0) is 67.1 Å². The number of ether oxygens (including phenoxy) is 3. The number of phosphoric acid groups is 1. The number of benzene rings is 3. The molecule has 11 amide bonds. The minimum Gasteiger partial charge on any atom is -0.472 e. The van der Waals surface area contributed by atoms with Gasteiger partial charge in [0.05, 0.1) is 30.0 Å². The lowest BCUT2D eigenvalue weighted by Crippen LogP contribution is -2.57. The van der Waals surface area contributed by atoms with Gasteiger partial charge in [-0.2, -0.15) is 0 Å². The third-order valence-corrected chi connectivity index (χ3v) is 19.9. The molecule has 6 aliphatic rings. The van der Waals surface area contributed by atoms with Crippen LogP contribution < -0.4 is 56.5 Å². The highest BCUT2D eigenvalue weighted by molar-refractivity contribution is 7.46. The number of primary amides is 1. The van der Waals surface area contributed by atoms with Gasteiger partial charge in [0.2, 0.25) is 35.4 Å². The van der Waals surface area contributed by atoms with Crippen molar-refractivity contribution in [3.8, 4) is 22.9 Å². The molecule has 0 spiro atoms. The van der Waals surface area contributed by atoms with Crippen molar-refractivity contribution in [2.45, 2.75) is 141 Å². The Balaban J connectivity index is 0.728. The number of urea groups is 1. The first-order valence-corrected chi connectivity index (χ1v) is 36.3. The number of anilines is 4. The highest BCUT2D eigenvalue weighted by atomic mass is 31.2. The quantitative estimate of drug-likeness (QED) is 0.0132. The summed E-state index contributed by atoms with van der Waals surface area (Å²) in [7, 11) is -4.88. The number of hydrogen-bond acceptors (Lipinski definition) is 21. The van der Waals surface area contributed by atoms with Gasteiger partial charge in [-0.05, 0) is 117 Å². The molecule has 33 heteroatoms. The average Bonchev–Trinajstić information content (AvgIpc) is 1.50. The van der Waals surface area contributed by atoms with Crippen LogP contribution in [0.1, 0.15) is 118 Å². The number of hydrogen-bond donors (Lipinski definition) is 8. The number of amides is 11. The van der Waals surface area contributed by atoms with Crippen LogP contribution in [0.3, 0.4) is 0 Å². The van der Waals surface area contributed by atoms with Gasteiger partial charge in [0.15, 0.2) is 12.6 Å². The lowest BCUT2D eigenvalue weighted by molar-refractivity contribution is -0.138. The first kappa shape index (κ1) is 74.8. The van der Waals surface area contributed by atoms with Crippen molar-refractivity contribution >= 4 is 90.1 Å². The van der Waals surface area contributed by atoms with Gasteiger partial charge < -0.3 is 65.7 Å². The van der Waals surface area contributed by atoms with E-state index in [2.05, 4.69) is 62.1 Å². The van der Waals surface area contributed by atoms with Gasteiger partial charge in [-0.25, -0.2) is 23.7 Å². The maximum absolute atomic E-state index is 14.7. The van der Waals surface area contributed by atoms with Crippen LogP contribution in [0.5, 0.6) is 11.6 Å². The van der Waals surface area contributed by atoms with E-state index in [-0.39, 0.29) is 93.0 Å². The topological polar surface area (TPSA) is 409 Å². The number of unbranched alkanes of at least 4 members (excludes halogenated alkanes) is 2. The average molecular weight is 1450 g/mol. The van der Waals surface area contributed by atoms with E-state index in [1.54, 1.807) is 73.3 Å². The second-order valence-corrected chi connectivity index (χ2v) is 28.2. The third kappa shape index (κ3) is 18.1. The molecular formula is C71H86N15O17P. The van der Waals surface area contributed by atoms with Crippen LogP contribution in [0, 0.1) is 12.8 Å². The summed E-state index contributed by atoms with van der Waals surface area (Å²) in [5.74, 6) is -2.88. The Morgan fingerprint density at radius 3 is 2.33 bits per heavy atom. The highest BCUT2D eigenvalue weighted by Crippen LogP contribution is 2.48. The molecular weight excluding hydrogens is 1370 g/mol. The van der Waals surface area contributed by atoms with Crippen molar-refractivity contribution in [2.24, 2.45) is 11.7 Å². The Labute approximate surface area is 599 Å². The molecule has 5 atom stereocenters. The lowest BCUT2D eigenvalue weighted by Gasteiger charge is -2.46. The summed E-state index contributed by atoms with van der Waals surface area (Å²) < 4.78 is 34.7. The molecule has 0 unspecified atom stereocenters. The molecule has 8 heterocycles. The van der Waals surface area contributed by atoms with Crippen LogP contribution in [0.25, 0.3) is 11.3 Å². The normalized spacial score (nSPS) is 19.3. The first-order chi connectivity index (χ1) is 49.8. The standard InChI is InChI=1S/C71H86N15O17P/c1-5-71-35-50(103-67-44(4)32-46(36-74-67)37-81-28-30-82(31-29-81)49-21-18-47-38-84(68(94)52(47)33-49)55-22-23-59(88)78-65(55)92)39-86(71)56-34-54(51-12-8-9-14-57(51)101-42-102-104(97,98)99)79-80-63(56)85(41-71)70(96)100-40-45-16-19-48(20-17-45)75-64(91)53(13-11-26-73-69(72)95)76-66(93)62(43(2)3)77-58(87)15-7-6-10-27-83-60(89)24-25-61(83)90/h8-9,12,14,16-21,24-25,32-34,36,43,50,53,55,62H,5-7,10-11,13,15,22-23,26-31,35,37-42H2,1-4H3,(H,75,91)(H,76,93)(H,77,87)(H3,72,73,95)(H,78,88,92)(H2,97,98,99)/t50-,53+,55+,62+,71+/m1/s1. The number of aromatic nitrogens is 3. The van der Waals surface area contributed by atoms with E-state index in [0.29, 0.717) is 97.8 Å². The fraction of sp³-hybridized carbons (Fsp3) is 0.451. The van der Waals surface area contributed by atoms with Crippen LogP contribution in [0.4, 0.5) is 32.5 Å². The molecule has 0 bridgehead atoms. The van der Waals surface area contributed by atoms with Crippen molar-refractivity contribution < 1.29 is 81.0 Å². The van der Waals surface area contributed by atoms with Crippen LogP contribution in [-0.4, -0.2) is 188 Å². The number of carbonyl (C=O) groups excluding carboxylic acids is 10. The SMILES string of the molecule is CC[C@@]12C[C@@H](Oc3ncc(CN4CCN(c5ccc6c(c5)C(=O)N([C@H]5CCC(=O)NC5=O)C6)CC4)cc3C)CN1c1cc(-c3ccccc3OCOP(=O)(O)O)nnc1N(C(=O)OCc1ccc(NC(=O)[C@H](CCCNC(N)=O)NC(=O)[C@@H](NC(=O)CCCCCN3C(=O)C=CC3=O)C(C)C)cc1)C2. The van der Waals surface area contributed by atoms with Gasteiger partial charge >= 0.3 is 19.9 Å². The van der Waals surface area contributed by atoms with Crippen molar-refractivity contribution in [1.82, 2.24) is 51.1 Å². The number of aryl methyl sites for hydroxylation is 1. The molecule has 9 N–H and O–H groups in total. The molecule has 0 radical (unpaired) electrons. The number of piperazine rings is 1. The zero-order valence-electron chi connectivity index (χ0n) is 58.2. The van der Waals surface area contributed by atoms with Crippen molar-refractivity contribution in [3.63, 3.8) is 0 Å². The summed E-state index contributed by atoms with van der Waals surface area (Å²) in [6, 6.07) is 19.3. The Kier molecular flexibility index (Phi) is 23.7. The Bertz CT molecular complexity index is 4170. The Hall–Kier alpha value is -10.4. The summed E-state index contributed by atoms with van der Waals surface area (Å²) in [5, 5.41) is 22.4. The zero-order valence-corrected chi connectivity index (χ0v) is 59.1. The van der Waals surface area contributed by atoms with Crippen LogP contribution >= 0.6 is 7.82 Å². The lowest BCUT2D eigenvalue weighted by atomic mass is 9.89. The number of imide groups is 2. The zero-order chi connectivity index (χ0) is 74.0. The third-order valence-electron chi connectivity index (χ3n) is 19.5. The number of nitrogens with two attached hydrogens (primary N) is 1. The molecule has 3 fully saturated rings. The number of fused-ring (bicyclic) bond motifs is 4. The van der Waals surface area contributed by atoms with Gasteiger partial charge in [0.1, 0.15) is 36.6 Å². The smallest absolute Gasteiger partial charge is 0.472 e. The number of pyridine rings is 1. The van der Waals surface area contributed by atoms with Crippen LogP contribution in [0.2, 0.25) is 0 Å². The van der Waals surface area contributed by atoms with Gasteiger partial charge in [0, 0.05) is 118 Å². The maximum Gasteiger partial charge on any atom is 0.472 e. The monoisotopic (exact) mass is 1450 g/mol. The first-order valence-electron chi connectivity index (χ1n) is 34.8. The van der Waals surface area contributed by atoms with Gasteiger partial charge in [0.25, 0.3) is 17.7 Å². The summed E-state index contributed by atoms with van der Waals surface area (Å²) in [6.07, 6.45) is 6.43. The van der Waals surface area contributed by atoms with E-state index in [1.165, 1.54) is 17.1 Å². The highest BCUT2D eigenvalue weighted by Gasteiger charge is 2.53. The molecule has 552 valence electrons. The van der Waals surface area contributed by atoms with Gasteiger partial charge in [-0.3, -0.25) is 58.4 Å². The molecule has 0 saturated carbocycles. The van der Waals surface area contributed by atoms with Crippen LogP contribution in [0.15, 0.2) is 97.2 Å². The van der Waals surface area contributed by atoms with E-state index in [1.807, 2.05) is 38.2 Å². The van der Waals surface area contributed by atoms with E-state index >= 15 is 0 Å². The fourth-order valence-corrected chi connectivity index (χ4v) is 14.1. The summed E-state index contributed by atoms with van der Waals surface area (Å²) >= 11 is 0. The van der Waals surface area contributed by atoms with E-state index in [9.17, 15) is 62.3 Å². The maximum atomic E-state index is 14.7. The van der Waals surface area contributed by atoms with E-state index in [0.717, 1.165) is 53.5 Å². The minimum absolute atomic E-state index is 0.0785. The number of rotatable bonds is 30. The van der Waals surface area contributed by atoms with Crippen molar-refractivity contribution in [3.05, 3.63) is 125 Å². The predicted molar refractivity (Wildman–Crippen MR) is 377 cm³/mol. The summed E-state index contributed by atoms with van der Waals surface area (Å²) in [4.78, 5) is 163. The summed E-state index contributed by atoms with van der Waals surface area (Å²) in [6.45, 7) is 11.2.